The molecular weight excluding hydrogens is 466 g/mol. The van der Waals surface area contributed by atoms with E-state index < -0.39 is 5.69 Å². The lowest BCUT2D eigenvalue weighted by Crippen LogP contribution is -2.29. The Labute approximate surface area is 208 Å². The molecule has 184 valence electrons. The Morgan fingerprint density at radius 3 is 2.49 bits per heavy atom. The molecule has 1 N–H and O–H groups in total. The molecule has 4 aromatic rings. The summed E-state index contributed by atoms with van der Waals surface area (Å²) in [7, 11) is 0. The van der Waals surface area contributed by atoms with Crippen LogP contribution in [0.2, 0.25) is 5.02 Å². The van der Waals surface area contributed by atoms with Gasteiger partial charge in [0.1, 0.15) is 0 Å². The highest BCUT2D eigenvalue weighted by Gasteiger charge is 2.20. The minimum absolute atomic E-state index is 0.161. The number of hydrogen-bond donors (Lipinski definition) is 1. The lowest BCUT2D eigenvalue weighted by Gasteiger charge is -2.12. The maximum Gasteiger partial charge on any atom is 0.352 e. The molecule has 2 heterocycles. The first kappa shape index (κ1) is 24.7. The minimum atomic E-state index is -0.400. The smallest absolute Gasteiger partial charge is 0.352 e. The topological polar surface area (TPSA) is 90.4 Å². The van der Waals surface area contributed by atoms with Gasteiger partial charge in [-0.25, -0.2) is 13.9 Å². The van der Waals surface area contributed by atoms with Crippen molar-refractivity contribution in [3.8, 4) is 0 Å². The second-order valence-corrected chi connectivity index (χ2v) is 10.0. The number of nitrogens with zero attached hydrogens (tertiary/aromatic N) is 4. The van der Waals surface area contributed by atoms with Crippen molar-refractivity contribution in [3.05, 3.63) is 79.5 Å². The zero-order chi connectivity index (χ0) is 25.3. The van der Waals surface area contributed by atoms with Crippen LogP contribution in [0.3, 0.4) is 0 Å². The van der Waals surface area contributed by atoms with E-state index in [1.165, 1.54) is 9.08 Å². The van der Waals surface area contributed by atoms with Gasteiger partial charge in [0.15, 0.2) is 0 Å². The summed E-state index contributed by atoms with van der Waals surface area (Å²) < 4.78 is 4.28. The van der Waals surface area contributed by atoms with Gasteiger partial charge in [-0.05, 0) is 48.1 Å². The van der Waals surface area contributed by atoms with E-state index in [-0.39, 0.29) is 23.8 Å². The first-order valence-corrected chi connectivity index (χ1v) is 12.2. The first-order valence-electron chi connectivity index (χ1n) is 11.8. The molecule has 0 unspecified atom stereocenters. The van der Waals surface area contributed by atoms with Crippen LogP contribution in [0.5, 0.6) is 0 Å². The molecule has 0 spiro atoms. The molecule has 0 aliphatic heterocycles. The van der Waals surface area contributed by atoms with Gasteiger partial charge in [-0.1, -0.05) is 57.5 Å². The van der Waals surface area contributed by atoms with E-state index in [1.54, 1.807) is 28.8 Å². The molecule has 0 saturated carbocycles. The standard InChI is InChI=1S/C26H30ClN5O3/c1-16(2)11-12-30-24(34)20-10-9-18(23(33)28-14-17(3)4)13-22(20)32-25(30)29-31(26(32)35)15-19-7-5-6-8-21(19)27/h5-10,13,16-17H,11-12,14-15H2,1-4H3,(H,28,33). The van der Waals surface area contributed by atoms with Gasteiger partial charge >= 0.3 is 5.69 Å². The molecule has 2 aromatic heterocycles. The fourth-order valence-corrected chi connectivity index (χ4v) is 4.13. The molecule has 2 aromatic carbocycles. The number of benzene rings is 2. The molecule has 8 nitrogen and oxygen atoms in total. The quantitative estimate of drug-likeness (QED) is 0.401. The van der Waals surface area contributed by atoms with E-state index in [0.29, 0.717) is 46.4 Å². The number of nitrogens with one attached hydrogen (secondary N) is 1. The number of hydrogen-bond acceptors (Lipinski definition) is 4. The SMILES string of the molecule is CC(C)CCn1c(=O)c2ccc(C(=O)NCC(C)C)cc2n2c(=O)n(Cc3ccccc3Cl)nc12. The predicted octanol–water partition coefficient (Wildman–Crippen LogP) is 3.94. The minimum Gasteiger partial charge on any atom is -0.352 e. The highest BCUT2D eigenvalue weighted by atomic mass is 35.5. The number of fused-ring (bicyclic) bond motifs is 3. The van der Waals surface area contributed by atoms with Crippen molar-refractivity contribution >= 4 is 34.2 Å². The van der Waals surface area contributed by atoms with E-state index in [9.17, 15) is 14.4 Å². The summed E-state index contributed by atoms with van der Waals surface area (Å²) in [6.07, 6.45) is 0.752. The molecule has 9 heteroatoms. The largest absolute Gasteiger partial charge is 0.352 e. The average molecular weight is 496 g/mol. The Balaban J connectivity index is 1.93. The normalized spacial score (nSPS) is 11.7. The van der Waals surface area contributed by atoms with Crippen LogP contribution in [0, 0.1) is 11.8 Å². The van der Waals surface area contributed by atoms with Gasteiger partial charge in [0, 0.05) is 23.7 Å². The van der Waals surface area contributed by atoms with Crippen LogP contribution in [0.15, 0.2) is 52.1 Å². The second kappa shape index (κ2) is 10.1. The summed E-state index contributed by atoms with van der Waals surface area (Å²) in [6, 6.07) is 12.1. The molecular formula is C26H30ClN5O3. The summed E-state index contributed by atoms with van der Waals surface area (Å²) in [5.74, 6) is 0.653. The molecule has 0 atom stereocenters. The van der Waals surface area contributed by atoms with E-state index in [2.05, 4.69) is 24.3 Å². The van der Waals surface area contributed by atoms with Crippen molar-refractivity contribution in [3.63, 3.8) is 0 Å². The Morgan fingerprint density at radius 1 is 1.06 bits per heavy atom. The number of carbonyl (C=O) groups excluding carboxylic acids is 1. The Bertz CT molecular complexity index is 1510. The van der Waals surface area contributed by atoms with Gasteiger partial charge in [0.25, 0.3) is 11.5 Å². The fraction of sp³-hybridized carbons (Fsp3) is 0.385. The van der Waals surface area contributed by atoms with Gasteiger partial charge in [-0.15, -0.1) is 5.10 Å². The van der Waals surface area contributed by atoms with E-state index in [1.807, 2.05) is 32.0 Å². The molecule has 35 heavy (non-hydrogen) atoms. The molecule has 0 aliphatic rings. The van der Waals surface area contributed by atoms with Crippen LogP contribution in [0.25, 0.3) is 16.7 Å². The lowest BCUT2D eigenvalue weighted by molar-refractivity contribution is 0.0949. The number of aromatic nitrogens is 4. The van der Waals surface area contributed by atoms with Crippen molar-refractivity contribution in [1.29, 1.82) is 0 Å². The third kappa shape index (κ3) is 5.03. The predicted molar refractivity (Wildman–Crippen MR) is 138 cm³/mol. The van der Waals surface area contributed by atoms with E-state index >= 15 is 0 Å². The van der Waals surface area contributed by atoms with Gasteiger partial charge in [0.2, 0.25) is 5.78 Å². The summed E-state index contributed by atoms with van der Waals surface area (Å²) in [6.45, 7) is 9.29. The highest BCUT2D eigenvalue weighted by Crippen LogP contribution is 2.18. The number of rotatable bonds is 8. The second-order valence-electron chi connectivity index (χ2n) is 9.64. The van der Waals surface area contributed by atoms with Crippen LogP contribution in [-0.2, 0) is 13.1 Å². The number of carbonyl (C=O) groups is 1. The summed E-state index contributed by atoms with van der Waals surface area (Å²) in [4.78, 5) is 39.7. The van der Waals surface area contributed by atoms with Crippen LogP contribution < -0.4 is 16.6 Å². The summed E-state index contributed by atoms with van der Waals surface area (Å²) >= 11 is 6.32. The molecule has 0 fully saturated rings. The zero-order valence-corrected chi connectivity index (χ0v) is 21.2. The number of halogens is 1. The molecule has 0 aliphatic carbocycles. The van der Waals surface area contributed by atoms with E-state index in [4.69, 9.17) is 11.6 Å². The fourth-order valence-electron chi connectivity index (χ4n) is 3.94. The number of aryl methyl sites for hydroxylation is 1. The summed E-state index contributed by atoms with van der Waals surface area (Å²) in [5.41, 5.74) is 0.844. The average Bonchev–Trinajstić information content (AvgIpc) is 3.14. The Morgan fingerprint density at radius 2 is 1.80 bits per heavy atom. The van der Waals surface area contributed by atoms with Crippen molar-refractivity contribution in [2.75, 3.05) is 6.54 Å². The maximum absolute atomic E-state index is 13.6. The Hall–Kier alpha value is -3.39. The molecule has 0 radical (unpaired) electrons. The third-order valence-corrected chi connectivity index (χ3v) is 6.29. The van der Waals surface area contributed by atoms with Crippen LogP contribution in [0.1, 0.15) is 50.0 Å². The molecule has 0 saturated heterocycles. The van der Waals surface area contributed by atoms with Gasteiger partial charge < -0.3 is 5.32 Å². The molecule has 1 amide bonds. The summed E-state index contributed by atoms with van der Waals surface area (Å²) in [5, 5.41) is 8.32. The number of amides is 1. The van der Waals surface area contributed by atoms with Crippen LogP contribution in [0.4, 0.5) is 0 Å². The zero-order valence-electron chi connectivity index (χ0n) is 20.4. The highest BCUT2D eigenvalue weighted by molar-refractivity contribution is 6.31. The lowest BCUT2D eigenvalue weighted by atomic mass is 10.1. The third-order valence-electron chi connectivity index (χ3n) is 5.92. The van der Waals surface area contributed by atoms with Gasteiger partial charge in [-0.3, -0.25) is 14.2 Å². The van der Waals surface area contributed by atoms with Crippen molar-refractivity contribution in [2.45, 2.75) is 47.2 Å². The van der Waals surface area contributed by atoms with Crippen molar-refractivity contribution < 1.29 is 4.79 Å². The van der Waals surface area contributed by atoms with E-state index in [0.717, 1.165) is 12.0 Å². The van der Waals surface area contributed by atoms with Crippen LogP contribution in [-0.4, -0.2) is 31.2 Å². The molecule has 4 rings (SSSR count). The molecule has 0 bridgehead atoms. The maximum atomic E-state index is 13.6. The van der Waals surface area contributed by atoms with Crippen molar-refractivity contribution in [2.24, 2.45) is 11.8 Å². The van der Waals surface area contributed by atoms with Gasteiger partial charge in [-0.2, -0.15) is 0 Å². The first-order chi connectivity index (χ1) is 16.7. The van der Waals surface area contributed by atoms with Gasteiger partial charge in [0.05, 0.1) is 17.4 Å². The Kier molecular flexibility index (Phi) is 7.12. The monoisotopic (exact) mass is 495 g/mol. The van der Waals surface area contributed by atoms with Crippen LogP contribution >= 0.6 is 11.6 Å². The van der Waals surface area contributed by atoms with Crippen molar-refractivity contribution in [1.82, 2.24) is 24.1 Å².